The zero-order valence-corrected chi connectivity index (χ0v) is 15.8. The molecule has 0 fully saturated rings. The van der Waals surface area contributed by atoms with Crippen molar-refractivity contribution in [2.75, 3.05) is 7.05 Å². The van der Waals surface area contributed by atoms with Crippen LogP contribution in [0.4, 0.5) is 0 Å². The van der Waals surface area contributed by atoms with Gasteiger partial charge in [0.2, 0.25) is 0 Å². The second-order valence-corrected chi connectivity index (χ2v) is 7.70. The topological polar surface area (TPSA) is 53.7 Å². The molecule has 0 saturated heterocycles. The third-order valence-electron chi connectivity index (χ3n) is 4.12. The fourth-order valence-electron chi connectivity index (χ4n) is 2.61. The molecule has 0 amide bonds. The molecule has 0 saturated carbocycles. The summed E-state index contributed by atoms with van der Waals surface area (Å²) < 4.78 is 2.11. The van der Waals surface area contributed by atoms with Crippen molar-refractivity contribution in [3.63, 3.8) is 0 Å². The third kappa shape index (κ3) is 5.25. The second-order valence-electron chi connectivity index (χ2n) is 7.70. The third-order valence-corrected chi connectivity index (χ3v) is 4.12. The Morgan fingerprint density at radius 3 is 2.71 bits per heavy atom. The van der Waals surface area contributed by atoms with Crippen LogP contribution in [-0.4, -0.2) is 28.4 Å². The summed E-state index contributed by atoms with van der Waals surface area (Å²) in [7, 11) is 1.81. The Morgan fingerprint density at radius 2 is 2.08 bits per heavy atom. The molecule has 2 heterocycles. The highest BCUT2D eigenvalue weighted by atomic mass is 15.2. The van der Waals surface area contributed by atoms with Crippen molar-refractivity contribution < 1.29 is 0 Å². The minimum Gasteiger partial charge on any atom is -0.354 e. The van der Waals surface area contributed by atoms with Gasteiger partial charge in [-0.1, -0.05) is 26.8 Å². The lowest BCUT2D eigenvalue weighted by molar-refractivity contribution is 0.346. The minimum absolute atomic E-state index is 0.362. The first-order valence-electron chi connectivity index (χ1n) is 8.69. The Balaban J connectivity index is 1.89. The molecule has 1 atom stereocenters. The smallest absolute Gasteiger partial charge is 0.191 e. The predicted octanol–water partition coefficient (Wildman–Crippen LogP) is 3.52. The molecule has 5 nitrogen and oxygen atoms in total. The first-order chi connectivity index (χ1) is 11.3. The fraction of sp³-hybridized carbons (Fsp3) is 0.579. The van der Waals surface area contributed by atoms with Crippen LogP contribution in [-0.2, 0) is 6.54 Å². The van der Waals surface area contributed by atoms with Crippen LogP contribution in [0.5, 0.6) is 0 Å². The van der Waals surface area contributed by atoms with Gasteiger partial charge < -0.3 is 15.0 Å². The van der Waals surface area contributed by atoms with Gasteiger partial charge in [-0.25, -0.2) is 4.98 Å². The zero-order valence-electron chi connectivity index (χ0n) is 15.8. The summed E-state index contributed by atoms with van der Waals surface area (Å²) in [4.78, 5) is 8.96. The molecule has 0 spiro atoms. The molecular weight excluding hydrogens is 298 g/mol. The summed E-state index contributed by atoms with van der Waals surface area (Å²) in [6.07, 6.45) is 4.38. The van der Waals surface area contributed by atoms with Crippen molar-refractivity contribution in [2.24, 2.45) is 10.4 Å². The van der Waals surface area contributed by atoms with E-state index in [0.29, 0.717) is 18.0 Å². The molecule has 0 aliphatic carbocycles. The first kappa shape index (κ1) is 18.3. The molecular formula is C19H31N5. The van der Waals surface area contributed by atoms with Gasteiger partial charge in [-0.05, 0) is 44.2 Å². The molecule has 1 unspecified atom stereocenters. The van der Waals surface area contributed by atoms with E-state index in [1.807, 2.05) is 12.1 Å². The minimum atomic E-state index is 0.362. The Labute approximate surface area is 145 Å². The molecule has 0 aromatic carbocycles. The van der Waals surface area contributed by atoms with E-state index in [9.17, 15) is 0 Å². The maximum absolute atomic E-state index is 4.65. The van der Waals surface area contributed by atoms with E-state index in [-0.39, 0.29) is 0 Å². The van der Waals surface area contributed by atoms with Gasteiger partial charge >= 0.3 is 0 Å². The van der Waals surface area contributed by atoms with Crippen molar-refractivity contribution >= 4 is 11.6 Å². The van der Waals surface area contributed by atoms with Gasteiger partial charge in [0.05, 0.1) is 12.2 Å². The number of nitrogens with one attached hydrogen (secondary N) is 2. The molecule has 24 heavy (non-hydrogen) atoms. The van der Waals surface area contributed by atoms with Gasteiger partial charge in [-0.15, -0.1) is 0 Å². The average molecular weight is 329 g/mol. The van der Waals surface area contributed by atoms with Crippen LogP contribution in [0.1, 0.15) is 51.9 Å². The van der Waals surface area contributed by atoms with E-state index in [1.165, 1.54) is 12.1 Å². The summed E-state index contributed by atoms with van der Waals surface area (Å²) >= 11 is 0. The van der Waals surface area contributed by atoms with Crippen LogP contribution < -0.4 is 10.6 Å². The predicted molar refractivity (Wildman–Crippen MR) is 101 cm³/mol. The molecule has 2 rings (SSSR count). The lowest BCUT2D eigenvalue weighted by Gasteiger charge is -2.23. The number of nitrogens with zero attached hydrogens (tertiary/aromatic N) is 3. The van der Waals surface area contributed by atoms with Gasteiger partial charge in [-0.2, -0.15) is 0 Å². The number of aryl methyl sites for hydroxylation is 1. The first-order valence-corrected chi connectivity index (χ1v) is 8.69. The number of hydrogen-bond donors (Lipinski definition) is 2. The van der Waals surface area contributed by atoms with Crippen molar-refractivity contribution in [1.82, 2.24) is 20.0 Å². The number of imidazole rings is 1. The summed E-state index contributed by atoms with van der Waals surface area (Å²) in [5.41, 5.74) is 3.54. The highest BCUT2D eigenvalue weighted by Crippen LogP contribution is 2.21. The van der Waals surface area contributed by atoms with E-state index in [2.05, 4.69) is 71.9 Å². The number of guanidine groups is 1. The molecule has 2 aromatic heterocycles. The summed E-state index contributed by atoms with van der Waals surface area (Å²) in [6.45, 7) is 11.8. The molecule has 0 aliphatic rings. The number of rotatable bonds is 5. The van der Waals surface area contributed by atoms with E-state index >= 15 is 0 Å². The van der Waals surface area contributed by atoms with Crippen LogP contribution in [0.25, 0.3) is 5.65 Å². The van der Waals surface area contributed by atoms with Gasteiger partial charge in [0.25, 0.3) is 0 Å². The van der Waals surface area contributed by atoms with Crippen LogP contribution in [0.2, 0.25) is 0 Å². The number of pyridine rings is 1. The van der Waals surface area contributed by atoms with E-state index in [4.69, 9.17) is 0 Å². The lowest BCUT2D eigenvalue weighted by Crippen LogP contribution is -2.42. The second kappa shape index (κ2) is 7.69. The number of aliphatic imine (C=N–C) groups is 1. The van der Waals surface area contributed by atoms with Gasteiger partial charge in [0, 0.05) is 25.0 Å². The lowest BCUT2D eigenvalue weighted by atomic mass is 9.89. The highest BCUT2D eigenvalue weighted by molar-refractivity contribution is 5.79. The largest absolute Gasteiger partial charge is 0.354 e. The Kier molecular flexibility index (Phi) is 5.86. The highest BCUT2D eigenvalue weighted by Gasteiger charge is 2.13. The molecule has 132 valence electrons. The van der Waals surface area contributed by atoms with E-state index in [0.717, 1.165) is 23.7 Å². The Bertz CT molecular complexity index is 693. The SMILES string of the molecule is CN=C(NCc1cn2c(C)cccc2n1)NC(C)CCC(C)(C)C. The van der Waals surface area contributed by atoms with Gasteiger partial charge in [-0.3, -0.25) is 4.99 Å². The Hall–Kier alpha value is -2.04. The van der Waals surface area contributed by atoms with Gasteiger partial charge in [0.1, 0.15) is 5.65 Å². The molecule has 2 aromatic rings. The summed E-state index contributed by atoms with van der Waals surface area (Å²) in [5.74, 6) is 0.824. The molecule has 0 radical (unpaired) electrons. The molecule has 2 N–H and O–H groups in total. The van der Waals surface area contributed by atoms with E-state index in [1.54, 1.807) is 7.05 Å². The van der Waals surface area contributed by atoms with Crippen molar-refractivity contribution in [3.8, 4) is 0 Å². The average Bonchev–Trinajstić information content (AvgIpc) is 2.93. The zero-order chi connectivity index (χ0) is 17.7. The monoisotopic (exact) mass is 329 g/mol. The molecule has 0 bridgehead atoms. The Morgan fingerprint density at radius 1 is 1.33 bits per heavy atom. The maximum atomic E-state index is 4.65. The number of hydrogen-bond acceptors (Lipinski definition) is 2. The van der Waals surface area contributed by atoms with E-state index < -0.39 is 0 Å². The standard InChI is InChI=1S/C19H31N5/c1-14(10-11-19(3,4)5)22-18(20-6)21-12-16-13-24-15(2)8-7-9-17(24)23-16/h7-9,13-14H,10-12H2,1-6H3,(H2,20,21,22). The van der Waals surface area contributed by atoms with Crippen LogP contribution >= 0.6 is 0 Å². The summed E-state index contributed by atoms with van der Waals surface area (Å²) in [5, 5.41) is 6.82. The van der Waals surface area contributed by atoms with Crippen LogP contribution in [0.15, 0.2) is 29.4 Å². The molecule has 0 aliphatic heterocycles. The molecule has 5 heteroatoms. The summed E-state index contributed by atoms with van der Waals surface area (Å²) in [6, 6.07) is 6.53. The number of fused-ring (bicyclic) bond motifs is 1. The van der Waals surface area contributed by atoms with Crippen LogP contribution in [0.3, 0.4) is 0 Å². The van der Waals surface area contributed by atoms with Crippen molar-refractivity contribution in [3.05, 3.63) is 35.8 Å². The van der Waals surface area contributed by atoms with Gasteiger partial charge in [0.15, 0.2) is 5.96 Å². The number of aromatic nitrogens is 2. The fourth-order valence-corrected chi connectivity index (χ4v) is 2.61. The maximum Gasteiger partial charge on any atom is 0.191 e. The quantitative estimate of drug-likeness (QED) is 0.652. The van der Waals surface area contributed by atoms with Crippen molar-refractivity contribution in [1.29, 1.82) is 0 Å². The van der Waals surface area contributed by atoms with Crippen molar-refractivity contribution in [2.45, 2.75) is 60.0 Å². The normalized spacial score (nSPS) is 14.0. The van der Waals surface area contributed by atoms with Crippen LogP contribution in [0, 0.1) is 12.3 Å².